The monoisotopic (exact) mass is 374 g/mol. The number of aryl methyl sites for hydroxylation is 1. The topological polar surface area (TPSA) is 52.0 Å². The highest BCUT2D eigenvalue weighted by molar-refractivity contribution is 7.90. The van der Waals surface area contributed by atoms with Gasteiger partial charge >= 0.3 is 0 Å². The molecule has 0 atom stereocenters. The maximum Gasteiger partial charge on any atom is 0.269 e. The third-order valence-corrected chi connectivity index (χ3v) is 6.07. The summed E-state index contributed by atoms with van der Waals surface area (Å²) in [4.78, 5) is 4.17. The van der Waals surface area contributed by atoms with Crippen LogP contribution in [0.25, 0.3) is 11.0 Å². The van der Waals surface area contributed by atoms with Crippen molar-refractivity contribution >= 4 is 55.9 Å². The normalized spacial score (nSPS) is 12.0. The van der Waals surface area contributed by atoms with Gasteiger partial charge < -0.3 is 0 Å². The van der Waals surface area contributed by atoms with Gasteiger partial charge in [-0.15, -0.1) is 0 Å². The third-order valence-electron chi connectivity index (χ3n) is 3.21. The van der Waals surface area contributed by atoms with Gasteiger partial charge in [0.1, 0.15) is 0 Å². The van der Waals surface area contributed by atoms with E-state index in [0.717, 1.165) is 3.97 Å². The summed E-state index contributed by atoms with van der Waals surface area (Å²) >= 11 is 17.9. The number of benzene rings is 1. The predicted molar refractivity (Wildman–Crippen MR) is 88.5 cm³/mol. The largest absolute Gasteiger partial charge is 0.269 e. The number of halogens is 3. The van der Waals surface area contributed by atoms with Crippen LogP contribution in [0.2, 0.25) is 15.1 Å². The van der Waals surface area contributed by atoms with Gasteiger partial charge in [-0.1, -0.05) is 34.8 Å². The Hall–Kier alpha value is -1.27. The van der Waals surface area contributed by atoms with Crippen LogP contribution in [-0.2, 0) is 10.0 Å². The molecule has 3 aromatic rings. The summed E-state index contributed by atoms with van der Waals surface area (Å²) < 4.78 is 26.9. The summed E-state index contributed by atoms with van der Waals surface area (Å²) in [6.45, 7) is 1.67. The van der Waals surface area contributed by atoms with Gasteiger partial charge in [0.25, 0.3) is 10.0 Å². The maximum absolute atomic E-state index is 12.9. The number of hydrogen-bond donors (Lipinski definition) is 0. The number of rotatable bonds is 2. The zero-order valence-corrected chi connectivity index (χ0v) is 14.3. The molecule has 2 heterocycles. The van der Waals surface area contributed by atoms with E-state index in [1.807, 2.05) is 0 Å². The number of fused-ring (bicyclic) bond motifs is 1. The van der Waals surface area contributed by atoms with Gasteiger partial charge in [-0.3, -0.25) is 0 Å². The molecule has 2 aromatic heterocycles. The van der Waals surface area contributed by atoms with Crippen LogP contribution in [0.1, 0.15) is 5.69 Å². The van der Waals surface area contributed by atoms with Crippen molar-refractivity contribution in [2.45, 2.75) is 11.8 Å². The summed E-state index contributed by atoms with van der Waals surface area (Å²) in [5.41, 5.74) is 0.776. The van der Waals surface area contributed by atoms with E-state index in [1.54, 1.807) is 19.1 Å². The highest BCUT2D eigenvalue weighted by Crippen LogP contribution is 2.30. The summed E-state index contributed by atoms with van der Waals surface area (Å²) in [5.74, 6) is 0. The summed E-state index contributed by atoms with van der Waals surface area (Å²) in [6, 6.07) is 7.45. The van der Waals surface area contributed by atoms with Gasteiger partial charge in [0, 0.05) is 17.3 Å². The molecular weight excluding hydrogens is 367 g/mol. The van der Waals surface area contributed by atoms with E-state index in [0.29, 0.717) is 16.1 Å². The van der Waals surface area contributed by atoms with Crippen molar-refractivity contribution in [3.63, 3.8) is 0 Å². The van der Waals surface area contributed by atoms with E-state index in [9.17, 15) is 8.42 Å². The van der Waals surface area contributed by atoms with Crippen molar-refractivity contribution in [2.24, 2.45) is 0 Å². The first kappa shape index (κ1) is 15.6. The number of pyridine rings is 1. The van der Waals surface area contributed by atoms with Gasteiger partial charge in [0.05, 0.1) is 20.0 Å². The molecule has 0 unspecified atom stereocenters. The van der Waals surface area contributed by atoms with Crippen molar-refractivity contribution in [2.75, 3.05) is 0 Å². The average molecular weight is 376 g/mol. The second-order valence-electron chi connectivity index (χ2n) is 4.66. The summed E-state index contributed by atoms with van der Waals surface area (Å²) in [5, 5.41) is 1.47. The standard InChI is InChI=1S/C14H9Cl3N2O2S/c1-8-6-10-11(15)4-5-18-14(10)19(8)22(20,21)9-2-3-12(16)13(17)7-9/h2-7H,1H3. The quantitative estimate of drug-likeness (QED) is 0.660. The van der Waals surface area contributed by atoms with Crippen LogP contribution in [0.15, 0.2) is 41.4 Å². The molecule has 22 heavy (non-hydrogen) atoms. The number of nitrogens with zero attached hydrogens (tertiary/aromatic N) is 2. The lowest BCUT2D eigenvalue weighted by Crippen LogP contribution is -2.14. The molecule has 3 rings (SSSR count). The van der Waals surface area contributed by atoms with Crippen LogP contribution in [0, 0.1) is 6.92 Å². The van der Waals surface area contributed by atoms with Crippen LogP contribution in [0.3, 0.4) is 0 Å². The smallest absolute Gasteiger partial charge is 0.237 e. The molecule has 0 fully saturated rings. The van der Waals surface area contributed by atoms with Crippen LogP contribution in [0.5, 0.6) is 0 Å². The highest BCUT2D eigenvalue weighted by Gasteiger charge is 2.23. The van der Waals surface area contributed by atoms with Gasteiger partial charge in [-0.05, 0) is 37.3 Å². The number of hydrogen-bond acceptors (Lipinski definition) is 3. The Balaban J connectivity index is 2.32. The van der Waals surface area contributed by atoms with E-state index in [4.69, 9.17) is 34.8 Å². The Morgan fingerprint density at radius 1 is 1.00 bits per heavy atom. The van der Waals surface area contributed by atoms with Crippen molar-refractivity contribution in [1.82, 2.24) is 8.96 Å². The van der Waals surface area contributed by atoms with E-state index in [1.165, 1.54) is 24.4 Å². The molecule has 114 valence electrons. The Morgan fingerprint density at radius 2 is 1.73 bits per heavy atom. The first-order chi connectivity index (χ1) is 10.3. The molecule has 0 radical (unpaired) electrons. The second kappa shape index (κ2) is 5.42. The maximum atomic E-state index is 12.9. The molecular formula is C14H9Cl3N2O2S. The average Bonchev–Trinajstić information content (AvgIpc) is 2.80. The van der Waals surface area contributed by atoms with Crippen molar-refractivity contribution in [1.29, 1.82) is 0 Å². The lowest BCUT2D eigenvalue weighted by atomic mass is 10.3. The van der Waals surface area contributed by atoms with E-state index >= 15 is 0 Å². The summed E-state index contributed by atoms with van der Waals surface area (Å²) in [7, 11) is -3.86. The van der Waals surface area contributed by atoms with Crippen LogP contribution < -0.4 is 0 Å². The Morgan fingerprint density at radius 3 is 2.41 bits per heavy atom. The molecule has 0 aliphatic heterocycles. The van der Waals surface area contributed by atoms with E-state index in [-0.39, 0.29) is 20.6 Å². The van der Waals surface area contributed by atoms with E-state index < -0.39 is 10.0 Å². The minimum Gasteiger partial charge on any atom is -0.237 e. The SMILES string of the molecule is Cc1cc2c(Cl)ccnc2n1S(=O)(=O)c1ccc(Cl)c(Cl)c1. The molecule has 8 heteroatoms. The van der Waals surface area contributed by atoms with Crippen LogP contribution in [-0.4, -0.2) is 17.4 Å². The highest BCUT2D eigenvalue weighted by atomic mass is 35.5. The van der Waals surface area contributed by atoms with Gasteiger partial charge in [0.2, 0.25) is 0 Å². The lowest BCUT2D eigenvalue weighted by Gasteiger charge is -2.10. The Bertz CT molecular complexity index is 997. The zero-order valence-electron chi connectivity index (χ0n) is 11.2. The van der Waals surface area contributed by atoms with Gasteiger partial charge in [-0.2, -0.15) is 0 Å². The van der Waals surface area contributed by atoms with Crippen LogP contribution >= 0.6 is 34.8 Å². The first-order valence-corrected chi connectivity index (χ1v) is 8.73. The molecule has 1 aromatic carbocycles. The fourth-order valence-electron chi connectivity index (χ4n) is 2.22. The minimum absolute atomic E-state index is 0.0317. The molecule has 0 saturated carbocycles. The molecule has 0 spiro atoms. The fourth-order valence-corrected chi connectivity index (χ4v) is 4.30. The Labute approximate surface area is 142 Å². The van der Waals surface area contributed by atoms with Crippen molar-refractivity contribution < 1.29 is 8.42 Å². The third kappa shape index (κ3) is 2.38. The molecule has 0 aliphatic carbocycles. The van der Waals surface area contributed by atoms with Crippen molar-refractivity contribution in [3.05, 3.63) is 57.3 Å². The van der Waals surface area contributed by atoms with E-state index in [2.05, 4.69) is 4.98 Å². The Kier molecular flexibility index (Phi) is 3.85. The molecule has 0 aliphatic rings. The molecule has 4 nitrogen and oxygen atoms in total. The molecule has 0 bridgehead atoms. The molecule has 0 amide bonds. The summed E-state index contributed by atoms with van der Waals surface area (Å²) in [6.07, 6.45) is 1.46. The molecule has 0 N–H and O–H groups in total. The van der Waals surface area contributed by atoms with Gasteiger partial charge in [0.15, 0.2) is 5.65 Å². The second-order valence-corrected chi connectivity index (χ2v) is 7.67. The zero-order chi connectivity index (χ0) is 16.1. The first-order valence-electron chi connectivity index (χ1n) is 6.15. The fraction of sp³-hybridized carbons (Fsp3) is 0.0714. The predicted octanol–water partition coefficient (Wildman–Crippen LogP) is 4.54. The number of aromatic nitrogens is 2. The minimum atomic E-state index is -3.86. The lowest BCUT2D eigenvalue weighted by molar-refractivity contribution is 0.587. The molecule has 0 saturated heterocycles. The van der Waals surface area contributed by atoms with Crippen LogP contribution in [0.4, 0.5) is 0 Å². The van der Waals surface area contributed by atoms with Crippen molar-refractivity contribution in [3.8, 4) is 0 Å². The van der Waals surface area contributed by atoms with Gasteiger partial charge in [-0.25, -0.2) is 17.4 Å².